The molecule has 4 heteroatoms. The minimum atomic E-state index is -0.131. The highest BCUT2D eigenvalue weighted by atomic mass is 79.9. The summed E-state index contributed by atoms with van der Waals surface area (Å²) >= 11 is 3.31. The van der Waals surface area contributed by atoms with E-state index in [0.29, 0.717) is 23.7 Å². The zero-order valence-corrected chi connectivity index (χ0v) is 10.5. The van der Waals surface area contributed by atoms with Crippen LogP contribution in [0.25, 0.3) is 0 Å². The number of hydrogen-bond acceptors (Lipinski definition) is 2. The Labute approximate surface area is 98.2 Å². The largest absolute Gasteiger partial charge is 0.398 e. The van der Waals surface area contributed by atoms with Crippen molar-refractivity contribution >= 4 is 27.5 Å². The average Bonchev–Trinajstić information content (AvgIpc) is 2.14. The number of nitrogen functional groups attached to an aromatic ring is 1. The topological polar surface area (TPSA) is 55.1 Å². The molecular formula is C11H15BrN2O. The fourth-order valence-corrected chi connectivity index (χ4v) is 1.73. The number of rotatable bonds is 3. The number of nitrogens with one attached hydrogen (secondary N) is 1. The first-order valence-electron chi connectivity index (χ1n) is 4.84. The van der Waals surface area contributed by atoms with Crippen LogP contribution in [0.4, 0.5) is 5.69 Å². The number of benzene rings is 1. The van der Waals surface area contributed by atoms with Crippen molar-refractivity contribution in [2.24, 2.45) is 5.92 Å². The van der Waals surface area contributed by atoms with Crippen LogP contribution in [0, 0.1) is 5.92 Å². The van der Waals surface area contributed by atoms with E-state index in [4.69, 9.17) is 5.73 Å². The van der Waals surface area contributed by atoms with Gasteiger partial charge in [-0.3, -0.25) is 4.79 Å². The molecule has 0 atom stereocenters. The van der Waals surface area contributed by atoms with Gasteiger partial charge in [0.1, 0.15) is 0 Å². The lowest BCUT2D eigenvalue weighted by atomic mass is 10.1. The highest BCUT2D eigenvalue weighted by molar-refractivity contribution is 9.10. The number of hydrogen-bond donors (Lipinski definition) is 2. The number of carbonyl (C=O) groups is 1. The van der Waals surface area contributed by atoms with Crippen molar-refractivity contribution in [3.8, 4) is 0 Å². The number of nitrogens with two attached hydrogens (primary N) is 1. The fraction of sp³-hybridized carbons (Fsp3) is 0.364. The molecule has 0 bridgehead atoms. The molecule has 0 spiro atoms. The SMILES string of the molecule is CC(C)CNC(=O)c1c(N)cccc1Br. The fourth-order valence-electron chi connectivity index (χ4n) is 1.17. The maximum Gasteiger partial charge on any atom is 0.254 e. The third kappa shape index (κ3) is 3.23. The summed E-state index contributed by atoms with van der Waals surface area (Å²) in [5.41, 5.74) is 6.74. The van der Waals surface area contributed by atoms with Crippen LogP contribution in [-0.4, -0.2) is 12.5 Å². The molecule has 82 valence electrons. The van der Waals surface area contributed by atoms with Gasteiger partial charge in [-0.25, -0.2) is 0 Å². The Balaban J connectivity index is 2.82. The van der Waals surface area contributed by atoms with Gasteiger partial charge in [0.25, 0.3) is 5.91 Å². The molecule has 0 saturated heterocycles. The summed E-state index contributed by atoms with van der Waals surface area (Å²) in [5.74, 6) is 0.298. The summed E-state index contributed by atoms with van der Waals surface area (Å²) in [7, 11) is 0. The molecule has 0 saturated carbocycles. The van der Waals surface area contributed by atoms with E-state index >= 15 is 0 Å². The Morgan fingerprint density at radius 2 is 2.20 bits per heavy atom. The van der Waals surface area contributed by atoms with E-state index in [2.05, 4.69) is 21.2 Å². The normalized spacial score (nSPS) is 10.4. The molecule has 0 aliphatic carbocycles. The molecule has 15 heavy (non-hydrogen) atoms. The summed E-state index contributed by atoms with van der Waals surface area (Å²) in [5, 5.41) is 2.83. The Hall–Kier alpha value is -1.03. The van der Waals surface area contributed by atoms with Crippen LogP contribution >= 0.6 is 15.9 Å². The molecule has 0 aliphatic heterocycles. The van der Waals surface area contributed by atoms with E-state index in [1.165, 1.54) is 0 Å². The lowest BCUT2D eigenvalue weighted by Gasteiger charge is -2.10. The molecule has 0 unspecified atom stereocenters. The molecule has 0 heterocycles. The highest BCUT2D eigenvalue weighted by Gasteiger charge is 2.12. The van der Waals surface area contributed by atoms with Crippen LogP contribution in [0.1, 0.15) is 24.2 Å². The van der Waals surface area contributed by atoms with Gasteiger partial charge in [-0.2, -0.15) is 0 Å². The number of anilines is 1. The lowest BCUT2D eigenvalue weighted by Crippen LogP contribution is -2.28. The van der Waals surface area contributed by atoms with Gasteiger partial charge < -0.3 is 11.1 Å². The van der Waals surface area contributed by atoms with Crippen molar-refractivity contribution in [1.29, 1.82) is 0 Å². The average molecular weight is 271 g/mol. The molecule has 0 fully saturated rings. The van der Waals surface area contributed by atoms with Crippen LogP contribution in [0.5, 0.6) is 0 Å². The first kappa shape index (κ1) is 12.0. The van der Waals surface area contributed by atoms with Gasteiger partial charge in [-0.05, 0) is 34.0 Å². The van der Waals surface area contributed by atoms with Crippen LogP contribution in [0.15, 0.2) is 22.7 Å². The zero-order chi connectivity index (χ0) is 11.4. The second-order valence-electron chi connectivity index (χ2n) is 3.81. The second-order valence-corrected chi connectivity index (χ2v) is 4.66. The predicted octanol–water partition coefficient (Wildman–Crippen LogP) is 2.42. The lowest BCUT2D eigenvalue weighted by molar-refractivity contribution is 0.0949. The number of halogens is 1. The van der Waals surface area contributed by atoms with E-state index in [1.807, 2.05) is 13.8 Å². The van der Waals surface area contributed by atoms with Crippen molar-refractivity contribution in [2.45, 2.75) is 13.8 Å². The zero-order valence-electron chi connectivity index (χ0n) is 8.88. The number of amides is 1. The number of carbonyl (C=O) groups excluding carboxylic acids is 1. The van der Waals surface area contributed by atoms with Gasteiger partial charge in [-0.15, -0.1) is 0 Å². The standard InChI is InChI=1S/C11H15BrN2O/c1-7(2)6-14-11(15)10-8(12)4-3-5-9(10)13/h3-5,7H,6,13H2,1-2H3,(H,14,15). The third-order valence-corrected chi connectivity index (χ3v) is 2.60. The maximum absolute atomic E-state index is 11.8. The summed E-state index contributed by atoms with van der Waals surface area (Å²) in [6, 6.07) is 5.33. The van der Waals surface area contributed by atoms with Crippen molar-refractivity contribution in [3.05, 3.63) is 28.2 Å². The van der Waals surface area contributed by atoms with Crippen molar-refractivity contribution < 1.29 is 4.79 Å². The van der Waals surface area contributed by atoms with Gasteiger partial charge >= 0.3 is 0 Å². The van der Waals surface area contributed by atoms with E-state index < -0.39 is 0 Å². The molecule has 0 radical (unpaired) electrons. The molecule has 3 N–H and O–H groups in total. The Morgan fingerprint density at radius 1 is 1.53 bits per heavy atom. The van der Waals surface area contributed by atoms with Crippen LogP contribution in [0.2, 0.25) is 0 Å². The smallest absolute Gasteiger partial charge is 0.254 e. The predicted molar refractivity (Wildman–Crippen MR) is 65.7 cm³/mol. The summed E-state index contributed by atoms with van der Waals surface area (Å²) in [6.45, 7) is 4.74. The maximum atomic E-state index is 11.8. The van der Waals surface area contributed by atoms with Crippen molar-refractivity contribution in [2.75, 3.05) is 12.3 Å². The van der Waals surface area contributed by atoms with Crippen LogP contribution in [0.3, 0.4) is 0 Å². The monoisotopic (exact) mass is 270 g/mol. The van der Waals surface area contributed by atoms with E-state index in [0.717, 1.165) is 4.47 Å². The van der Waals surface area contributed by atoms with Gasteiger partial charge in [0.15, 0.2) is 0 Å². The second kappa shape index (κ2) is 5.16. The summed E-state index contributed by atoms with van der Waals surface area (Å²) in [4.78, 5) is 11.8. The molecule has 1 aromatic rings. The van der Waals surface area contributed by atoms with Crippen LogP contribution in [-0.2, 0) is 0 Å². The molecular weight excluding hydrogens is 256 g/mol. The quantitative estimate of drug-likeness (QED) is 0.829. The Morgan fingerprint density at radius 3 is 2.73 bits per heavy atom. The third-order valence-electron chi connectivity index (χ3n) is 1.94. The Kier molecular flexibility index (Phi) is 4.15. The molecule has 1 rings (SSSR count). The van der Waals surface area contributed by atoms with E-state index in [1.54, 1.807) is 18.2 Å². The first-order valence-corrected chi connectivity index (χ1v) is 5.64. The minimum Gasteiger partial charge on any atom is -0.398 e. The van der Waals surface area contributed by atoms with Gasteiger partial charge in [0.05, 0.1) is 5.56 Å². The molecule has 1 aromatic carbocycles. The first-order chi connectivity index (χ1) is 7.02. The summed E-state index contributed by atoms with van der Waals surface area (Å²) < 4.78 is 0.726. The molecule has 3 nitrogen and oxygen atoms in total. The molecule has 1 amide bonds. The van der Waals surface area contributed by atoms with E-state index in [9.17, 15) is 4.79 Å². The van der Waals surface area contributed by atoms with Gasteiger partial charge in [0, 0.05) is 16.7 Å². The van der Waals surface area contributed by atoms with Gasteiger partial charge in [0.2, 0.25) is 0 Å². The Bertz CT molecular complexity index is 343. The minimum absolute atomic E-state index is 0.131. The van der Waals surface area contributed by atoms with Crippen molar-refractivity contribution in [1.82, 2.24) is 5.32 Å². The van der Waals surface area contributed by atoms with Crippen molar-refractivity contribution in [3.63, 3.8) is 0 Å². The van der Waals surface area contributed by atoms with E-state index in [-0.39, 0.29) is 5.91 Å². The molecule has 0 aromatic heterocycles. The van der Waals surface area contributed by atoms with Crippen LogP contribution < -0.4 is 11.1 Å². The van der Waals surface area contributed by atoms with Gasteiger partial charge in [-0.1, -0.05) is 19.9 Å². The molecule has 0 aliphatic rings. The highest BCUT2D eigenvalue weighted by Crippen LogP contribution is 2.22. The summed E-state index contributed by atoms with van der Waals surface area (Å²) in [6.07, 6.45) is 0.